The van der Waals surface area contributed by atoms with E-state index in [0.29, 0.717) is 29.1 Å². The zero-order valence-electron chi connectivity index (χ0n) is 13.3. The van der Waals surface area contributed by atoms with E-state index < -0.39 is 5.97 Å². The highest BCUT2D eigenvalue weighted by Gasteiger charge is 2.25. The second-order valence-corrected chi connectivity index (χ2v) is 5.05. The third-order valence-electron chi connectivity index (χ3n) is 3.58. The quantitative estimate of drug-likeness (QED) is 0.883. The number of aromatic amines is 1. The van der Waals surface area contributed by atoms with Gasteiger partial charge in [0, 0.05) is 18.4 Å². The summed E-state index contributed by atoms with van der Waals surface area (Å²) in [4.78, 5) is 29.2. The number of esters is 1. The van der Waals surface area contributed by atoms with Crippen molar-refractivity contribution in [2.45, 2.75) is 20.8 Å². The summed E-state index contributed by atoms with van der Waals surface area (Å²) < 4.78 is 5.04. The summed E-state index contributed by atoms with van der Waals surface area (Å²) in [5.41, 5.74) is 2.89. The highest BCUT2D eigenvalue weighted by atomic mass is 16.5. The number of aryl methyl sites for hydroxylation is 1. The van der Waals surface area contributed by atoms with Gasteiger partial charge in [0.1, 0.15) is 5.69 Å². The van der Waals surface area contributed by atoms with Gasteiger partial charge in [0.2, 0.25) is 0 Å². The van der Waals surface area contributed by atoms with Crippen LogP contribution in [0.2, 0.25) is 0 Å². The molecule has 0 aliphatic rings. The maximum absolute atomic E-state index is 12.7. The number of nitrogens with one attached hydrogen (secondary N) is 1. The maximum Gasteiger partial charge on any atom is 0.340 e. The molecule has 5 heteroatoms. The van der Waals surface area contributed by atoms with Gasteiger partial charge in [-0.3, -0.25) is 4.79 Å². The van der Waals surface area contributed by atoms with Gasteiger partial charge in [-0.15, -0.1) is 0 Å². The van der Waals surface area contributed by atoms with Gasteiger partial charge in [0.25, 0.3) is 5.91 Å². The summed E-state index contributed by atoms with van der Waals surface area (Å²) in [6.45, 7) is 5.57. The van der Waals surface area contributed by atoms with Crippen molar-refractivity contribution in [3.8, 4) is 0 Å². The van der Waals surface area contributed by atoms with Crippen LogP contribution < -0.4 is 4.90 Å². The lowest BCUT2D eigenvalue weighted by Gasteiger charge is -2.17. The van der Waals surface area contributed by atoms with Crippen LogP contribution in [-0.2, 0) is 4.74 Å². The molecule has 1 N–H and O–H groups in total. The van der Waals surface area contributed by atoms with E-state index >= 15 is 0 Å². The Hall–Kier alpha value is -2.56. The number of benzene rings is 1. The second-order valence-electron chi connectivity index (χ2n) is 5.05. The molecule has 0 aliphatic heterocycles. The third-order valence-corrected chi connectivity index (χ3v) is 3.58. The average molecular weight is 300 g/mol. The molecule has 0 bridgehead atoms. The fourth-order valence-electron chi connectivity index (χ4n) is 2.41. The molecular formula is C17H20N2O3. The van der Waals surface area contributed by atoms with E-state index in [2.05, 4.69) is 4.98 Å². The van der Waals surface area contributed by atoms with E-state index in [-0.39, 0.29) is 5.91 Å². The Labute approximate surface area is 129 Å². The first-order valence-corrected chi connectivity index (χ1v) is 7.16. The van der Waals surface area contributed by atoms with Crippen LogP contribution in [0, 0.1) is 13.8 Å². The van der Waals surface area contributed by atoms with E-state index in [1.807, 2.05) is 30.3 Å². The molecule has 1 amide bonds. The number of ether oxygens (including phenoxy) is 1. The zero-order chi connectivity index (χ0) is 16.3. The first kappa shape index (κ1) is 15.8. The molecular weight excluding hydrogens is 280 g/mol. The standard InChI is InChI=1S/C17H20N2O3/c1-5-22-17(21)14-11(2)15(18-12(14)3)16(20)19(4)13-9-7-6-8-10-13/h6-10,18H,5H2,1-4H3. The van der Waals surface area contributed by atoms with Crippen molar-refractivity contribution in [1.29, 1.82) is 0 Å². The van der Waals surface area contributed by atoms with Gasteiger partial charge < -0.3 is 14.6 Å². The molecule has 22 heavy (non-hydrogen) atoms. The van der Waals surface area contributed by atoms with Gasteiger partial charge in [-0.2, -0.15) is 0 Å². The van der Waals surface area contributed by atoms with Crippen molar-refractivity contribution in [3.63, 3.8) is 0 Å². The smallest absolute Gasteiger partial charge is 0.340 e. The third kappa shape index (κ3) is 2.88. The van der Waals surface area contributed by atoms with Crippen molar-refractivity contribution in [2.75, 3.05) is 18.6 Å². The highest BCUT2D eigenvalue weighted by Crippen LogP contribution is 2.22. The van der Waals surface area contributed by atoms with Gasteiger partial charge in [-0.1, -0.05) is 18.2 Å². The Bertz CT molecular complexity index is 689. The van der Waals surface area contributed by atoms with Crippen LogP contribution in [0.15, 0.2) is 30.3 Å². The van der Waals surface area contributed by atoms with Crippen LogP contribution in [0.3, 0.4) is 0 Å². The Kier molecular flexibility index (Phi) is 4.65. The van der Waals surface area contributed by atoms with E-state index in [1.54, 1.807) is 32.7 Å². The largest absolute Gasteiger partial charge is 0.462 e. The van der Waals surface area contributed by atoms with E-state index in [1.165, 1.54) is 0 Å². The fraction of sp³-hybridized carbons (Fsp3) is 0.294. The monoisotopic (exact) mass is 300 g/mol. The highest BCUT2D eigenvalue weighted by molar-refractivity contribution is 6.07. The van der Waals surface area contributed by atoms with Crippen molar-refractivity contribution in [1.82, 2.24) is 4.98 Å². The molecule has 2 aromatic rings. The van der Waals surface area contributed by atoms with Gasteiger partial charge in [0.15, 0.2) is 0 Å². The molecule has 0 saturated carbocycles. The van der Waals surface area contributed by atoms with Crippen LogP contribution in [0.25, 0.3) is 0 Å². The number of anilines is 1. The summed E-state index contributed by atoms with van der Waals surface area (Å²) in [5.74, 6) is -0.600. The topological polar surface area (TPSA) is 62.4 Å². The summed E-state index contributed by atoms with van der Waals surface area (Å²) >= 11 is 0. The fourth-order valence-corrected chi connectivity index (χ4v) is 2.41. The van der Waals surface area contributed by atoms with Gasteiger partial charge in [0.05, 0.1) is 12.2 Å². The molecule has 2 rings (SSSR count). The molecule has 0 spiro atoms. The SMILES string of the molecule is CCOC(=O)c1c(C)[nH]c(C(=O)N(C)c2ccccc2)c1C. The normalized spacial score (nSPS) is 10.4. The summed E-state index contributed by atoms with van der Waals surface area (Å²) in [5, 5.41) is 0. The number of H-pyrrole nitrogens is 1. The van der Waals surface area contributed by atoms with Crippen LogP contribution in [0.5, 0.6) is 0 Å². The van der Waals surface area contributed by atoms with E-state index in [4.69, 9.17) is 4.74 Å². The van der Waals surface area contributed by atoms with E-state index in [9.17, 15) is 9.59 Å². The summed E-state index contributed by atoms with van der Waals surface area (Å²) in [7, 11) is 1.71. The lowest BCUT2D eigenvalue weighted by molar-refractivity contribution is 0.0525. The molecule has 1 aromatic carbocycles. The number of aromatic nitrogens is 1. The van der Waals surface area contributed by atoms with Crippen molar-refractivity contribution in [2.24, 2.45) is 0 Å². The molecule has 0 fully saturated rings. The van der Waals surface area contributed by atoms with Gasteiger partial charge >= 0.3 is 5.97 Å². The molecule has 0 aliphatic carbocycles. The number of amides is 1. The maximum atomic E-state index is 12.7. The first-order chi connectivity index (χ1) is 10.5. The van der Waals surface area contributed by atoms with Crippen molar-refractivity contribution in [3.05, 3.63) is 52.8 Å². The number of carbonyl (C=O) groups excluding carboxylic acids is 2. The molecule has 0 saturated heterocycles. The number of hydrogen-bond donors (Lipinski definition) is 1. The second kappa shape index (κ2) is 6.47. The number of hydrogen-bond acceptors (Lipinski definition) is 3. The lowest BCUT2D eigenvalue weighted by atomic mass is 10.1. The number of nitrogens with zero attached hydrogens (tertiary/aromatic N) is 1. The first-order valence-electron chi connectivity index (χ1n) is 7.16. The van der Waals surface area contributed by atoms with Gasteiger partial charge in [-0.05, 0) is 38.5 Å². The van der Waals surface area contributed by atoms with Crippen LogP contribution in [0.1, 0.15) is 39.0 Å². The Balaban J connectivity index is 2.35. The van der Waals surface area contributed by atoms with Crippen molar-refractivity contribution >= 4 is 17.6 Å². The van der Waals surface area contributed by atoms with Crippen LogP contribution in [-0.4, -0.2) is 30.5 Å². The number of carbonyl (C=O) groups is 2. The minimum Gasteiger partial charge on any atom is -0.462 e. The predicted octanol–water partition coefficient (Wildman–Crippen LogP) is 3.08. The number of rotatable bonds is 4. The Morgan fingerprint density at radius 1 is 1.18 bits per heavy atom. The molecule has 1 heterocycles. The van der Waals surface area contributed by atoms with E-state index in [0.717, 1.165) is 5.69 Å². The summed E-state index contributed by atoms with van der Waals surface area (Å²) in [6, 6.07) is 9.35. The minimum absolute atomic E-state index is 0.192. The summed E-state index contributed by atoms with van der Waals surface area (Å²) in [6.07, 6.45) is 0. The minimum atomic E-state index is -0.407. The average Bonchev–Trinajstić information content (AvgIpc) is 2.81. The number of para-hydroxylation sites is 1. The molecule has 1 aromatic heterocycles. The molecule has 0 radical (unpaired) electrons. The van der Waals surface area contributed by atoms with Gasteiger partial charge in [-0.25, -0.2) is 4.79 Å². The van der Waals surface area contributed by atoms with Crippen molar-refractivity contribution < 1.29 is 14.3 Å². The zero-order valence-corrected chi connectivity index (χ0v) is 13.3. The van der Waals surface area contributed by atoms with Crippen LogP contribution in [0.4, 0.5) is 5.69 Å². The molecule has 5 nitrogen and oxygen atoms in total. The lowest BCUT2D eigenvalue weighted by Crippen LogP contribution is -2.27. The van der Waals surface area contributed by atoms with Crippen LogP contribution >= 0.6 is 0 Å². The molecule has 0 atom stereocenters. The predicted molar refractivity (Wildman–Crippen MR) is 85.4 cm³/mol. The molecule has 116 valence electrons. The molecule has 0 unspecified atom stereocenters. The Morgan fingerprint density at radius 2 is 1.82 bits per heavy atom. The Morgan fingerprint density at radius 3 is 2.41 bits per heavy atom.